The molecule has 5 aromatic rings. The number of phenols is 1. The highest BCUT2D eigenvalue weighted by Crippen LogP contribution is 2.32. The van der Waals surface area contributed by atoms with E-state index in [4.69, 9.17) is 0 Å². The van der Waals surface area contributed by atoms with Gasteiger partial charge in [-0.25, -0.2) is 4.98 Å². The zero-order chi connectivity index (χ0) is 21.4. The maximum Gasteiger partial charge on any atom is 0.137 e. The zero-order valence-corrected chi connectivity index (χ0v) is 17.0. The molecule has 0 aliphatic carbocycles. The number of phenolic OH excluding ortho intramolecular Hbond substituents is 1. The van der Waals surface area contributed by atoms with Gasteiger partial charge in [0.05, 0.1) is 30.7 Å². The number of fused-ring (bicyclic) bond motifs is 1. The first-order valence-corrected chi connectivity index (χ1v) is 10.0. The maximum atomic E-state index is 10.1. The molecule has 0 saturated heterocycles. The number of aryl methyl sites for hydroxylation is 1. The molecule has 0 atom stereocenters. The van der Waals surface area contributed by atoms with E-state index in [1.165, 1.54) is 0 Å². The molecule has 0 aliphatic heterocycles. The Morgan fingerprint density at radius 3 is 2.74 bits per heavy atom. The molecule has 0 saturated carbocycles. The summed E-state index contributed by atoms with van der Waals surface area (Å²) in [6.45, 7) is 0.352. The molecule has 0 radical (unpaired) electrons. The van der Waals surface area contributed by atoms with Gasteiger partial charge in [0.25, 0.3) is 0 Å². The van der Waals surface area contributed by atoms with Gasteiger partial charge in [-0.2, -0.15) is 10.2 Å². The number of para-hydroxylation sites is 1. The second-order valence-corrected chi connectivity index (χ2v) is 7.50. The lowest BCUT2D eigenvalue weighted by Gasteiger charge is -2.05. The van der Waals surface area contributed by atoms with Crippen LogP contribution in [0, 0.1) is 0 Å². The summed E-state index contributed by atoms with van der Waals surface area (Å²) >= 11 is 0. The van der Waals surface area contributed by atoms with Crippen molar-refractivity contribution in [3.8, 4) is 28.1 Å². The third-order valence-corrected chi connectivity index (χ3v) is 5.35. The van der Waals surface area contributed by atoms with E-state index < -0.39 is 0 Å². The normalized spacial score (nSPS) is 11.4. The Morgan fingerprint density at radius 2 is 1.97 bits per heavy atom. The number of H-pyrrole nitrogens is 1. The highest BCUT2D eigenvalue weighted by molar-refractivity contribution is 5.95. The first-order valence-electron chi connectivity index (χ1n) is 10.0. The number of aromatic amines is 1. The molecule has 1 aromatic carbocycles. The Morgan fingerprint density at radius 1 is 1.10 bits per heavy atom. The van der Waals surface area contributed by atoms with Crippen LogP contribution in [0.2, 0.25) is 0 Å². The number of aliphatic hydroxyl groups is 1. The van der Waals surface area contributed by atoms with Crippen LogP contribution in [0.25, 0.3) is 33.4 Å². The van der Waals surface area contributed by atoms with E-state index in [2.05, 4.69) is 26.2 Å². The number of hydrogen-bond acceptors (Lipinski definition) is 5. The number of nitrogens with zero attached hydrogens (tertiary/aromatic N) is 5. The minimum Gasteiger partial charge on any atom is -0.508 e. The molecule has 0 spiro atoms. The minimum absolute atomic E-state index is 0.0216. The summed E-state index contributed by atoms with van der Waals surface area (Å²) in [6, 6.07) is 11.3. The average molecular weight is 414 g/mol. The lowest BCUT2D eigenvalue weighted by Crippen LogP contribution is -2.06. The minimum atomic E-state index is -0.0216. The summed E-state index contributed by atoms with van der Waals surface area (Å²) in [5.74, 6) is 0.248. The van der Waals surface area contributed by atoms with E-state index in [9.17, 15) is 10.2 Å². The largest absolute Gasteiger partial charge is 0.508 e. The van der Waals surface area contributed by atoms with Crippen molar-refractivity contribution in [3.63, 3.8) is 0 Å². The predicted octanol–water partition coefficient (Wildman–Crippen LogP) is 3.12. The van der Waals surface area contributed by atoms with Gasteiger partial charge in [-0.1, -0.05) is 18.2 Å². The number of aliphatic hydroxyl groups excluding tert-OH is 1. The number of aromatic nitrogens is 6. The lowest BCUT2D eigenvalue weighted by atomic mass is 10.1. The van der Waals surface area contributed by atoms with Crippen LogP contribution in [0.15, 0.2) is 61.2 Å². The van der Waals surface area contributed by atoms with Crippen molar-refractivity contribution in [1.29, 1.82) is 0 Å². The Kier molecular flexibility index (Phi) is 4.76. The van der Waals surface area contributed by atoms with Crippen LogP contribution in [-0.4, -0.2) is 46.3 Å². The standard InChI is InChI=1S/C23H22N6O2/c1-28-14-17(12-26-28)16-9-19-20(13-25-23(19)24-11-16)21-10-18(27-29(21)6-7-30)8-15-4-2-3-5-22(15)31/h2-5,9-14,30-31H,6-8H2,1H3,(H,24,25). The van der Waals surface area contributed by atoms with Crippen molar-refractivity contribution in [1.82, 2.24) is 29.5 Å². The van der Waals surface area contributed by atoms with Gasteiger partial charge in [-0.15, -0.1) is 0 Å². The second-order valence-electron chi connectivity index (χ2n) is 7.50. The summed E-state index contributed by atoms with van der Waals surface area (Å²) in [5, 5.41) is 29.6. The van der Waals surface area contributed by atoms with Gasteiger partial charge in [-0.05, 0) is 23.8 Å². The quantitative estimate of drug-likeness (QED) is 0.396. The van der Waals surface area contributed by atoms with E-state index in [0.29, 0.717) is 13.0 Å². The molecule has 3 N–H and O–H groups in total. The Hall–Kier alpha value is -3.91. The molecule has 0 fully saturated rings. The summed E-state index contributed by atoms with van der Waals surface area (Å²) in [4.78, 5) is 7.80. The Labute approximate surface area is 178 Å². The third-order valence-electron chi connectivity index (χ3n) is 5.35. The topological polar surface area (TPSA) is 105 Å². The Balaban J connectivity index is 1.58. The van der Waals surface area contributed by atoms with Gasteiger partial charge in [-0.3, -0.25) is 9.36 Å². The van der Waals surface area contributed by atoms with Crippen molar-refractivity contribution >= 4 is 11.0 Å². The van der Waals surface area contributed by atoms with Crippen LogP contribution in [0.5, 0.6) is 5.75 Å². The fraction of sp³-hybridized carbons (Fsp3) is 0.174. The van der Waals surface area contributed by atoms with Gasteiger partial charge in [0, 0.05) is 54.1 Å². The van der Waals surface area contributed by atoms with E-state index in [1.54, 1.807) is 21.5 Å². The van der Waals surface area contributed by atoms with Crippen molar-refractivity contribution in [3.05, 3.63) is 72.4 Å². The molecule has 0 amide bonds. The van der Waals surface area contributed by atoms with Crippen LogP contribution in [0.3, 0.4) is 0 Å². The smallest absolute Gasteiger partial charge is 0.137 e. The average Bonchev–Trinajstić information content (AvgIpc) is 3.48. The first-order chi connectivity index (χ1) is 15.1. The molecule has 8 nitrogen and oxygen atoms in total. The van der Waals surface area contributed by atoms with Gasteiger partial charge in [0.2, 0.25) is 0 Å². The van der Waals surface area contributed by atoms with Gasteiger partial charge in [0.1, 0.15) is 11.4 Å². The van der Waals surface area contributed by atoms with Crippen LogP contribution in [0.1, 0.15) is 11.3 Å². The molecule has 0 unspecified atom stereocenters. The zero-order valence-electron chi connectivity index (χ0n) is 17.0. The van der Waals surface area contributed by atoms with Crippen LogP contribution >= 0.6 is 0 Å². The molecule has 4 aromatic heterocycles. The van der Waals surface area contributed by atoms with Crippen molar-refractivity contribution in [2.45, 2.75) is 13.0 Å². The van der Waals surface area contributed by atoms with Crippen LogP contribution in [0.4, 0.5) is 0 Å². The highest BCUT2D eigenvalue weighted by atomic mass is 16.3. The Bertz CT molecular complexity index is 1360. The molecule has 0 aliphatic rings. The number of rotatable bonds is 6. The van der Waals surface area contributed by atoms with E-state index >= 15 is 0 Å². The van der Waals surface area contributed by atoms with Crippen molar-refractivity contribution in [2.75, 3.05) is 6.61 Å². The van der Waals surface area contributed by atoms with Gasteiger partial charge in [0.15, 0.2) is 0 Å². The number of hydrogen-bond donors (Lipinski definition) is 3. The van der Waals surface area contributed by atoms with Crippen LogP contribution < -0.4 is 0 Å². The summed E-state index contributed by atoms with van der Waals surface area (Å²) in [5.41, 5.74) is 6.21. The number of aromatic hydroxyl groups is 1. The first kappa shape index (κ1) is 19.1. The fourth-order valence-corrected chi connectivity index (χ4v) is 3.84. The predicted molar refractivity (Wildman–Crippen MR) is 118 cm³/mol. The molecule has 5 rings (SSSR count). The molecule has 4 heterocycles. The fourth-order valence-electron chi connectivity index (χ4n) is 3.84. The van der Waals surface area contributed by atoms with Gasteiger partial charge < -0.3 is 15.2 Å². The monoisotopic (exact) mass is 414 g/mol. The number of nitrogens with one attached hydrogen (secondary N) is 1. The van der Waals surface area contributed by atoms with Crippen LogP contribution in [-0.2, 0) is 20.0 Å². The summed E-state index contributed by atoms with van der Waals surface area (Å²) in [7, 11) is 1.89. The van der Waals surface area contributed by atoms with Crippen molar-refractivity contribution < 1.29 is 10.2 Å². The number of benzene rings is 1. The second kappa shape index (κ2) is 7.73. The summed E-state index contributed by atoms with van der Waals surface area (Å²) < 4.78 is 3.56. The third kappa shape index (κ3) is 3.57. The van der Waals surface area contributed by atoms with Crippen molar-refractivity contribution in [2.24, 2.45) is 7.05 Å². The molecular weight excluding hydrogens is 392 g/mol. The van der Waals surface area contributed by atoms with E-state index in [1.807, 2.05) is 50.0 Å². The molecule has 0 bridgehead atoms. The molecule has 31 heavy (non-hydrogen) atoms. The molecule has 156 valence electrons. The summed E-state index contributed by atoms with van der Waals surface area (Å²) in [6.07, 6.45) is 8.01. The molecule has 8 heteroatoms. The van der Waals surface area contributed by atoms with E-state index in [-0.39, 0.29) is 12.4 Å². The van der Waals surface area contributed by atoms with Gasteiger partial charge >= 0.3 is 0 Å². The van der Waals surface area contributed by atoms with E-state index in [0.717, 1.165) is 44.7 Å². The lowest BCUT2D eigenvalue weighted by molar-refractivity contribution is 0.270. The number of pyridine rings is 1. The highest BCUT2D eigenvalue weighted by Gasteiger charge is 2.16. The molecular formula is C23H22N6O2. The SMILES string of the molecule is Cn1cc(-c2cnc3[nH]cc(-c4cc(Cc5ccccc5O)nn4CCO)c3c2)cn1. The maximum absolute atomic E-state index is 10.1.